The molecule has 5 heteroatoms. The van der Waals surface area contributed by atoms with E-state index in [-0.39, 0.29) is 17.1 Å². The first-order chi connectivity index (χ1) is 10.4. The second-order valence-corrected chi connectivity index (χ2v) is 6.07. The number of aromatic nitrogens is 1. The van der Waals surface area contributed by atoms with Gasteiger partial charge < -0.3 is 10.5 Å². The van der Waals surface area contributed by atoms with Crippen LogP contribution in [0.2, 0.25) is 0 Å². The molecular weight excluding hydrogens is 283 g/mol. The Kier molecular flexibility index (Phi) is 3.35. The van der Waals surface area contributed by atoms with Crippen LogP contribution in [0.1, 0.15) is 36.3 Å². The number of carbonyl (C=O) groups is 1. The highest BCUT2D eigenvalue weighted by atomic mass is 19.1. The van der Waals surface area contributed by atoms with Crippen molar-refractivity contribution in [1.29, 1.82) is 0 Å². The molecule has 2 heterocycles. The molecule has 0 aliphatic carbocycles. The van der Waals surface area contributed by atoms with Crippen LogP contribution >= 0.6 is 0 Å². The third-order valence-electron chi connectivity index (χ3n) is 3.84. The number of amides is 1. The van der Waals surface area contributed by atoms with Gasteiger partial charge in [0.1, 0.15) is 17.1 Å². The second-order valence-electron chi connectivity index (χ2n) is 6.07. The molecule has 0 fully saturated rings. The van der Waals surface area contributed by atoms with Gasteiger partial charge in [-0.2, -0.15) is 0 Å². The van der Waals surface area contributed by atoms with Crippen LogP contribution in [0, 0.1) is 5.82 Å². The van der Waals surface area contributed by atoms with Gasteiger partial charge in [0.25, 0.3) is 5.91 Å². The molecule has 1 aliphatic heterocycles. The van der Waals surface area contributed by atoms with E-state index in [9.17, 15) is 9.18 Å². The summed E-state index contributed by atoms with van der Waals surface area (Å²) in [6.07, 6.45) is 1.62. The van der Waals surface area contributed by atoms with Crippen LogP contribution in [-0.4, -0.2) is 16.5 Å². The fraction of sp³-hybridized carbons (Fsp3) is 0.294. The SMILES string of the molecule is CC1(C)CCc2c(-c3ccc(F)cc3)cc(C(N)=O)nc2O1. The van der Waals surface area contributed by atoms with Crippen molar-refractivity contribution < 1.29 is 13.9 Å². The third-order valence-corrected chi connectivity index (χ3v) is 3.84. The zero-order valence-corrected chi connectivity index (χ0v) is 12.5. The standard InChI is InChI=1S/C17H17FN2O2/c1-17(2)8-7-12-13(10-3-5-11(18)6-4-10)9-14(15(19)21)20-16(12)22-17/h3-6,9H,7-8H2,1-2H3,(H2,19,21). The molecule has 1 amide bonds. The van der Waals surface area contributed by atoms with Gasteiger partial charge in [-0.15, -0.1) is 0 Å². The summed E-state index contributed by atoms with van der Waals surface area (Å²) in [7, 11) is 0. The lowest BCUT2D eigenvalue weighted by Gasteiger charge is -2.32. The molecule has 0 spiro atoms. The minimum Gasteiger partial charge on any atom is -0.471 e. The summed E-state index contributed by atoms with van der Waals surface area (Å²) >= 11 is 0. The molecule has 0 bridgehead atoms. The molecule has 1 aliphatic rings. The molecule has 0 radical (unpaired) electrons. The Bertz CT molecular complexity index is 739. The van der Waals surface area contributed by atoms with E-state index >= 15 is 0 Å². The molecule has 2 aromatic rings. The topological polar surface area (TPSA) is 65.2 Å². The predicted molar refractivity (Wildman–Crippen MR) is 81.2 cm³/mol. The quantitative estimate of drug-likeness (QED) is 0.927. The molecular formula is C17H17FN2O2. The molecule has 1 aromatic heterocycles. The lowest BCUT2D eigenvalue weighted by molar-refractivity contribution is 0.0774. The van der Waals surface area contributed by atoms with E-state index in [0.717, 1.165) is 29.5 Å². The number of carbonyl (C=O) groups excluding carboxylic acids is 1. The highest BCUT2D eigenvalue weighted by Crippen LogP contribution is 2.38. The van der Waals surface area contributed by atoms with E-state index in [1.54, 1.807) is 18.2 Å². The third kappa shape index (κ3) is 2.66. The molecule has 1 aromatic carbocycles. The van der Waals surface area contributed by atoms with Gasteiger partial charge in [0.05, 0.1) is 0 Å². The highest BCUT2D eigenvalue weighted by Gasteiger charge is 2.30. The van der Waals surface area contributed by atoms with Crippen molar-refractivity contribution >= 4 is 5.91 Å². The first-order valence-electron chi connectivity index (χ1n) is 7.14. The number of nitrogens with zero attached hydrogens (tertiary/aromatic N) is 1. The van der Waals surface area contributed by atoms with Crippen molar-refractivity contribution in [2.45, 2.75) is 32.3 Å². The van der Waals surface area contributed by atoms with E-state index in [1.165, 1.54) is 12.1 Å². The monoisotopic (exact) mass is 300 g/mol. The average molecular weight is 300 g/mol. The van der Waals surface area contributed by atoms with Crippen molar-refractivity contribution in [2.75, 3.05) is 0 Å². The minimum atomic E-state index is -0.613. The van der Waals surface area contributed by atoms with Crippen molar-refractivity contribution in [3.8, 4) is 17.0 Å². The van der Waals surface area contributed by atoms with Crippen molar-refractivity contribution in [3.63, 3.8) is 0 Å². The van der Waals surface area contributed by atoms with Gasteiger partial charge in [-0.25, -0.2) is 9.37 Å². The normalized spacial score (nSPS) is 15.8. The Morgan fingerprint density at radius 3 is 2.64 bits per heavy atom. The summed E-state index contributed by atoms with van der Waals surface area (Å²) in [5.74, 6) is -0.482. The van der Waals surface area contributed by atoms with Gasteiger partial charge in [0.15, 0.2) is 0 Å². The van der Waals surface area contributed by atoms with Gasteiger partial charge >= 0.3 is 0 Å². The predicted octanol–water partition coefficient (Wildman–Crippen LogP) is 3.09. The lowest BCUT2D eigenvalue weighted by atomic mass is 9.90. The smallest absolute Gasteiger partial charge is 0.267 e. The van der Waals surface area contributed by atoms with Crippen LogP contribution in [0.3, 0.4) is 0 Å². The fourth-order valence-corrected chi connectivity index (χ4v) is 2.63. The van der Waals surface area contributed by atoms with Crippen molar-refractivity contribution in [2.24, 2.45) is 5.73 Å². The number of primary amides is 1. The van der Waals surface area contributed by atoms with E-state index in [1.807, 2.05) is 13.8 Å². The Hall–Kier alpha value is -2.43. The van der Waals surface area contributed by atoms with E-state index in [4.69, 9.17) is 10.5 Å². The minimum absolute atomic E-state index is 0.149. The van der Waals surface area contributed by atoms with Gasteiger partial charge in [-0.1, -0.05) is 12.1 Å². The van der Waals surface area contributed by atoms with Gasteiger partial charge in [-0.05, 0) is 56.0 Å². The first-order valence-corrected chi connectivity index (χ1v) is 7.14. The molecule has 114 valence electrons. The van der Waals surface area contributed by atoms with E-state index < -0.39 is 5.91 Å². The van der Waals surface area contributed by atoms with Crippen LogP contribution in [-0.2, 0) is 6.42 Å². The van der Waals surface area contributed by atoms with Crippen LogP contribution in [0.15, 0.2) is 30.3 Å². The number of hydrogen-bond acceptors (Lipinski definition) is 3. The largest absolute Gasteiger partial charge is 0.471 e. The molecule has 22 heavy (non-hydrogen) atoms. The number of halogens is 1. The number of rotatable bonds is 2. The van der Waals surface area contributed by atoms with E-state index in [0.29, 0.717) is 5.88 Å². The van der Waals surface area contributed by atoms with Crippen LogP contribution in [0.25, 0.3) is 11.1 Å². The zero-order valence-electron chi connectivity index (χ0n) is 12.5. The van der Waals surface area contributed by atoms with Gasteiger partial charge in [-0.3, -0.25) is 4.79 Å². The maximum atomic E-state index is 13.1. The number of ether oxygens (including phenoxy) is 1. The Morgan fingerprint density at radius 2 is 2.00 bits per heavy atom. The maximum Gasteiger partial charge on any atom is 0.267 e. The molecule has 0 atom stereocenters. The molecule has 0 saturated carbocycles. The fourth-order valence-electron chi connectivity index (χ4n) is 2.63. The van der Waals surface area contributed by atoms with Gasteiger partial charge in [0.2, 0.25) is 5.88 Å². The average Bonchev–Trinajstić information content (AvgIpc) is 2.45. The summed E-state index contributed by atoms with van der Waals surface area (Å²) in [6.45, 7) is 3.96. The Balaban J connectivity index is 2.18. The van der Waals surface area contributed by atoms with Crippen LogP contribution < -0.4 is 10.5 Å². The summed E-state index contributed by atoms with van der Waals surface area (Å²) in [5, 5.41) is 0. The first kappa shape index (κ1) is 14.5. The highest BCUT2D eigenvalue weighted by molar-refractivity contribution is 5.93. The lowest BCUT2D eigenvalue weighted by Crippen LogP contribution is -2.34. The number of fused-ring (bicyclic) bond motifs is 1. The maximum absolute atomic E-state index is 13.1. The Morgan fingerprint density at radius 1 is 1.32 bits per heavy atom. The molecule has 0 saturated heterocycles. The molecule has 2 N–H and O–H groups in total. The summed E-state index contributed by atoms with van der Waals surface area (Å²) in [4.78, 5) is 15.8. The van der Waals surface area contributed by atoms with E-state index in [2.05, 4.69) is 4.98 Å². The second kappa shape index (κ2) is 5.09. The molecule has 4 nitrogen and oxygen atoms in total. The molecule has 0 unspecified atom stereocenters. The van der Waals surface area contributed by atoms with Crippen molar-refractivity contribution in [1.82, 2.24) is 4.98 Å². The van der Waals surface area contributed by atoms with Gasteiger partial charge in [0, 0.05) is 5.56 Å². The Labute approximate surface area is 128 Å². The molecule has 3 rings (SSSR count). The summed E-state index contributed by atoms with van der Waals surface area (Å²) in [5.41, 5.74) is 7.73. The summed E-state index contributed by atoms with van der Waals surface area (Å²) < 4.78 is 19.0. The number of benzene rings is 1. The summed E-state index contributed by atoms with van der Waals surface area (Å²) in [6, 6.07) is 7.78. The number of hydrogen-bond donors (Lipinski definition) is 1. The van der Waals surface area contributed by atoms with Crippen LogP contribution in [0.4, 0.5) is 4.39 Å². The van der Waals surface area contributed by atoms with Crippen LogP contribution in [0.5, 0.6) is 5.88 Å². The zero-order chi connectivity index (χ0) is 15.9. The van der Waals surface area contributed by atoms with Crippen molar-refractivity contribution in [3.05, 3.63) is 47.4 Å². The number of pyridine rings is 1. The number of nitrogens with two attached hydrogens (primary N) is 1.